The second-order valence-electron chi connectivity index (χ2n) is 6.12. The predicted octanol–water partition coefficient (Wildman–Crippen LogP) is 4.20. The molecule has 1 unspecified atom stereocenters. The van der Waals surface area contributed by atoms with Crippen LogP contribution in [0.1, 0.15) is 33.9 Å². The van der Waals surface area contributed by atoms with Crippen LogP contribution >= 0.6 is 23.5 Å². The van der Waals surface area contributed by atoms with Crippen molar-refractivity contribution in [1.82, 2.24) is 20.5 Å². The number of benzene rings is 2. The minimum Gasteiger partial charge on any atom is -0.345 e. The van der Waals surface area contributed by atoms with Gasteiger partial charge in [-0.1, -0.05) is 23.9 Å². The Labute approximate surface area is 164 Å². The molecule has 0 fully saturated rings. The third-order valence-electron chi connectivity index (χ3n) is 4.30. The number of amides is 1. The number of fused-ring (bicyclic) bond motifs is 1. The van der Waals surface area contributed by atoms with E-state index in [1.165, 1.54) is 18.5 Å². The van der Waals surface area contributed by atoms with Crippen LogP contribution < -0.4 is 5.32 Å². The Kier molecular flexibility index (Phi) is 5.45. The van der Waals surface area contributed by atoms with Crippen molar-refractivity contribution in [1.29, 1.82) is 0 Å². The summed E-state index contributed by atoms with van der Waals surface area (Å²) in [7, 11) is 0. The molecule has 2 heterocycles. The molecule has 2 aromatic carbocycles. The van der Waals surface area contributed by atoms with Gasteiger partial charge in [0, 0.05) is 22.0 Å². The predicted molar refractivity (Wildman–Crippen MR) is 104 cm³/mol. The maximum atomic E-state index is 13.6. The standard InChI is InChI=1S/C19H17FN4OS2/c20-14-5-6-17-15(9-14)16(7-8-26-17)23-18(25)13-3-1-12(2-4-13)10-27-19-21-11-22-24-19/h1-6,9,11,16H,7-8,10H2,(H,23,25)(H,21,22,24). The van der Waals surface area contributed by atoms with Gasteiger partial charge in [-0.3, -0.25) is 9.89 Å². The summed E-state index contributed by atoms with van der Waals surface area (Å²) in [5.74, 6) is 1.23. The number of H-pyrrole nitrogens is 1. The number of nitrogens with zero attached hydrogens (tertiary/aromatic N) is 2. The molecule has 3 aromatic rings. The van der Waals surface area contributed by atoms with Crippen LogP contribution in [0.2, 0.25) is 0 Å². The van der Waals surface area contributed by atoms with Crippen LogP contribution in [0, 0.1) is 5.82 Å². The lowest BCUT2D eigenvalue weighted by atomic mass is 10.0. The number of carbonyl (C=O) groups is 1. The Bertz CT molecular complexity index is 931. The second-order valence-corrected chi connectivity index (χ2v) is 8.22. The second kappa shape index (κ2) is 8.14. The Hall–Kier alpha value is -2.32. The summed E-state index contributed by atoms with van der Waals surface area (Å²) in [6, 6.07) is 12.1. The van der Waals surface area contributed by atoms with E-state index in [2.05, 4.69) is 20.5 Å². The third-order valence-corrected chi connectivity index (χ3v) is 6.37. The fraction of sp³-hybridized carbons (Fsp3) is 0.211. The number of carbonyl (C=O) groups excluding carboxylic acids is 1. The Morgan fingerprint density at radius 1 is 1.30 bits per heavy atom. The summed E-state index contributed by atoms with van der Waals surface area (Å²) in [6.07, 6.45) is 2.27. The first kappa shape index (κ1) is 18.1. The number of halogens is 1. The molecule has 138 valence electrons. The van der Waals surface area contributed by atoms with Crippen molar-refractivity contribution in [3.8, 4) is 0 Å². The number of hydrogen-bond acceptors (Lipinski definition) is 5. The SMILES string of the molecule is O=C(NC1CCSc2ccc(F)cc21)c1ccc(CSc2ncn[nH]2)cc1. The van der Waals surface area contributed by atoms with Crippen LogP contribution in [-0.4, -0.2) is 26.8 Å². The summed E-state index contributed by atoms with van der Waals surface area (Å²) in [5.41, 5.74) is 2.55. The lowest BCUT2D eigenvalue weighted by molar-refractivity contribution is 0.0935. The number of aromatic nitrogens is 3. The number of aromatic amines is 1. The molecule has 0 aliphatic carbocycles. The highest BCUT2D eigenvalue weighted by Gasteiger charge is 2.23. The molecule has 1 amide bonds. The number of nitrogens with one attached hydrogen (secondary N) is 2. The molecular weight excluding hydrogens is 383 g/mol. The van der Waals surface area contributed by atoms with Crippen molar-refractivity contribution in [2.75, 3.05) is 5.75 Å². The maximum Gasteiger partial charge on any atom is 0.251 e. The number of hydrogen-bond donors (Lipinski definition) is 2. The lowest BCUT2D eigenvalue weighted by Crippen LogP contribution is -2.30. The monoisotopic (exact) mass is 400 g/mol. The molecule has 0 bridgehead atoms. The van der Waals surface area contributed by atoms with E-state index >= 15 is 0 Å². The third kappa shape index (κ3) is 4.33. The van der Waals surface area contributed by atoms with Crippen molar-refractivity contribution < 1.29 is 9.18 Å². The fourth-order valence-corrected chi connectivity index (χ4v) is 4.77. The quantitative estimate of drug-likeness (QED) is 0.628. The lowest BCUT2D eigenvalue weighted by Gasteiger charge is -2.26. The van der Waals surface area contributed by atoms with Crippen LogP contribution in [0.4, 0.5) is 4.39 Å². The van der Waals surface area contributed by atoms with Crippen LogP contribution in [0.15, 0.2) is 58.8 Å². The molecule has 1 aliphatic rings. The molecule has 27 heavy (non-hydrogen) atoms. The van der Waals surface area contributed by atoms with Gasteiger partial charge in [0.25, 0.3) is 5.91 Å². The van der Waals surface area contributed by atoms with Crippen molar-refractivity contribution in [2.45, 2.75) is 28.3 Å². The summed E-state index contributed by atoms with van der Waals surface area (Å²) in [4.78, 5) is 17.7. The molecule has 5 nitrogen and oxygen atoms in total. The summed E-state index contributed by atoms with van der Waals surface area (Å²) in [6.45, 7) is 0. The Morgan fingerprint density at radius 3 is 2.93 bits per heavy atom. The normalized spacial score (nSPS) is 16.0. The van der Waals surface area contributed by atoms with Gasteiger partial charge in [-0.15, -0.1) is 11.8 Å². The van der Waals surface area contributed by atoms with Crippen molar-refractivity contribution in [2.24, 2.45) is 0 Å². The first-order chi connectivity index (χ1) is 13.2. The van der Waals surface area contributed by atoms with Gasteiger partial charge in [-0.2, -0.15) is 5.10 Å². The van der Waals surface area contributed by atoms with Crippen LogP contribution in [-0.2, 0) is 5.75 Å². The molecular formula is C19H17FN4OS2. The topological polar surface area (TPSA) is 70.7 Å². The highest BCUT2D eigenvalue weighted by molar-refractivity contribution is 7.99. The average molecular weight is 401 g/mol. The molecule has 1 aromatic heterocycles. The summed E-state index contributed by atoms with van der Waals surface area (Å²) >= 11 is 3.25. The summed E-state index contributed by atoms with van der Waals surface area (Å²) < 4.78 is 13.6. The molecule has 2 N–H and O–H groups in total. The van der Waals surface area contributed by atoms with Crippen molar-refractivity contribution in [3.63, 3.8) is 0 Å². The largest absolute Gasteiger partial charge is 0.345 e. The molecule has 1 atom stereocenters. The highest BCUT2D eigenvalue weighted by atomic mass is 32.2. The van der Waals surface area contributed by atoms with Gasteiger partial charge < -0.3 is 5.32 Å². The molecule has 8 heteroatoms. The molecule has 0 saturated heterocycles. The smallest absolute Gasteiger partial charge is 0.251 e. The minimum atomic E-state index is -0.274. The first-order valence-electron chi connectivity index (χ1n) is 8.49. The van der Waals surface area contributed by atoms with Gasteiger partial charge in [-0.05, 0) is 47.9 Å². The highest BCUT2D eigenvalue weighted by Crippen LogP contribution is 2.36. The van der Waals surface area contributed by atoms with E-state index in [0.717, 1.165) is 39.1 Å². The van der Waals surface area contributed by atoms with Crippen LogP contribution in [0.5, 0.6) is 0 Å². The Balaban J connectivity index is 1.41. The maximum absolute atomic E-state index is 13.6. The van der Waals surface area contributed by atoms with Crippen LogP contribution in [0.25, 0.3) is 0 Å². The number of rotatable bonds is 5. The van der Waals surface area contributed by atoms with Gasteiger partial charge in [0.15, 0.2) is 5.16 Å². The van der Waals surface area contributed by atoms with Gasteiger partial charge >= 0.3 is 0 Å². The molecule has 1 aliphatic heterocycles. The van der Waals surface area contributed by atoms with E-state index < -0.39 is 0 Å². The average Bonchev–Trinajstić information content (AvgIpc) is 3.21. The van der Waals surface area contributed by atoms with E-state index in [9.17, 15) is 9.18 Å². The van der Waals surface area contributed by atoms with Crippen molar-refractivity contribution in [3.05, 3.63) is 71.3 Å². The van der Waals surface area contributed by atoms with Gasteiger partial charge in [0.05, 0.1) is 6.04 Å². The van der Waals surface area contributed by atoms with Gasteiger partial charge in [-0.25, -0.2) is 9.37 Å². The Morgan fingerprint density at radius 2 is 2.15 bits per heavy atom. The molecule has 0 spiro atoms. The fourth-order valence-electron chi connectivity index (χ4n) is 2.92. The van der Waals surface area contributed by atoms with Crippen molar-refractivity contribution >= 4 is 29.4 Å². The summed E-state index contributed by atoms with van der Waals surface area (Å²) in [5, 5.41) is 10.4. The first-order valence-corrected chi connectivity index (χ1v) is 10.5. The van der Waals surface area contributed by atoms with Crippen LogP contribution in [0.3, 0.4) is 0 Å². The van der Waals surface area contributed by atoms with Gasteiger partial charge in [0.1, 0.15) is 12.1 Å². The van der Waals surface area contributed by atoms with E-state index in [4.69, 9.17) is 0 Å². The van der Waals surface area contributed by atoms with E-state index in [1.54, 1.807) is 29.6 Å². The zero-order valence-corrected chi connectivity index (χ0v) is 15.9. The van der Waals surface area contributed by atoms with E-state index in [-0.39, 0.29) is 17.8 Å². The molecule has 0 saturated carbocycles. The van der Waals surface area contributed by atoms with Gasteiger partial charge in [0.2, 0.25) is 0 Å². The molecule has 0 radical (unpaired) electrons. The molecule has 4 rings (SSSR count). The zero-order chi connectivity index (χ0) is 18.6. The number of thioether (sulfide) groups is 2. The zero-order valence-electron chi connectivity index (χ0n) is 14.3. The van der Waals surface area contributed by atoms with E-state index in [0.29, 0.717) is 5.56 Å². The minimum absolute atomic E-state index is 0.142. The van der Waals surface area contributed by atoms with E-state index in [1.807, 2.05) is 24.3 Å².